The third-order valence-electron chi connectivity index (χ3n) is 4.42. The first-order valence-electron chi connectivity index (χ1n) is 8.91. The maximum atomic E-state index is 13.4. The lowest BCUT2D eigenvalue weighted by Gasteiger charge is -2.18. The average Bonchev–Trinajstić information content (AvgIpc) is 2.69. The van der Waals surface area contributed by atoms with Crippen molar-refractivity contribution < 1.29 is 14.0 Å². The number of benzene rings is 3. The first-order chi connectivity index (χ1) is 13.4. The number of nitrogens with one attached hydrogen (secondary N) is 1. The van der Waals surface area contributed by atoms with Crippen LogP contribution in [0.4, 0.5) is 10.1 Å². The highest BCUT2D eigenvalue weighted by atomic mass is 19.1. The van der Waals surface area contributed by atoms with Crippen molar-refractivity contribution in [2.24, 2.45) is 0 Å². The van der Waals surface area contributed by atoms with Gasteiger partial charge >= 0.3 is 0 Å². The number of nitrogens with zero attached hydrogens (tertiary/aromatic N) is 1. The van der Waals surface area contributed by atoms with Gasteiger partial charge in [0, 0.05) is 30.4 Å². The van der Waals surface area contributed by atoms with Gasteiger partial charge in [0.15, 0.2) is 0 Å². The van der Waals surface area contributed by atoms with Crippen molar-refractivity contribution in [2.75, 3.05) is 12.4 Å². The van der Waals surface area contributed by atoms with E-state index in [1.807, 2.05) is 13.0 Å². The van der Waals surface area contributed by atoms with E-state index in [0.29, 0.717) is 22.4 Å². The number of carbonyl (C=O) groups is 2. The maximum absolute atomic E-state index is 13.4. The molecule has 0 unspecified atom stereocenters. The van der Waals surface area contributed by atoms with Crippen LogP contribution < -0.4 is 5.32 Å². The van der Waals surface area contributed by atoms with Crippen LogP contribution in [-0.4, -0.2) is 23.8 Å². The van der Waals surface area contributed by atoms with Crippen LogP contribution in [0.3, 0.4) is 0 Å². The predicted octanol–water partition coefficient (Wildman–Crippen LogP) is 4.66. The van der Waals surface area contributed by atoms with Crippen molar-refractivity contribution in [3.05, 3.63) is 101 Å². The molecule has 0 saturated heterocycles. The molecule has 0 bridgehead atoms. The number of anilines is 1. The molecule has 1 N–H and O–H groups in total. The number of rotatable bonds is 5. The summed E-state index contributed by atoms with van der Waals surface area (Å²) >= 11 is 0. The minimum Gasteiger partial charge on any atom is -0.337 e. The molecular weight excluding hydrogens is 355 g/mol. The number of aryl methyl sites for hydroxylation is 1. The highest BCUT2D eigenvalue weighted by Gasteiger charge is 2.15. The molecule has 28 heavy (non-hydrogen) atoms. The lowest BCUT2D eigenvalue weighted by Crippen LogP contribution is -2.26. The molecule has 0 aliphatic heterocycles. The van der Waals surface area contributed by atoms with Crippen LogP contribution in [0.2, 0.25) is 0 Å². The second-order valence-corrected chi connectivity index (χ2v) is 6.64. The van der Waals surface area contributed by atoms with Crippen molar-refractivity contribution in [1.29, 1.82) is 0 Å². The van der Waals surface area contributed by atoms with Gasteiger partial charge in [-0.2, -0.15) is 0 Å². The summed E-state index contributed by atoms with van der Waals surface area (Å²) in [6, 6.07) is 20.2. The van der Waals surface area contributed by atoms with Crippen molar-refractivity contribution in [1.82, 2.24) is 4.90 Å². The number of carbonyl (C=O) groups excluding carboxylic acids is 2. The van der Waals surface area contributed by atoms with Gasteiger partial charge in [0.1, 0.15) is 5.82 Å². The standard InChI is InChI=1S/C23H21FN2O2/c1-16-11-12-19(14-21(16)25-22(27)18-8-4-3-5-9-18)23(28)26(2)15-17-7-6-10-20(24)13-17/h3-14H,15H2,1-2H3,(H,25,27). The molecule has 3 rings (SSSR count). The second-order valence-electron chi connectivity index (χ2n) is 6.64. The van der Waals surface area contributed by atoms with E-state index in [1.165, 1.54) is 17.0 Å². The van der Waals surface area contributed by atoms with E-state index < -0.39 is 0 Å². The smallest absolute Gasteiger partial charge is 0.255 e. The summed E-state index contributed by atoms with van der Waals surface area (Å²) < 4.78 is 13.4. The number of halogens is 1. The molecule has 3 aromatic rings. The lowest BCUT2D eigenvalue weighted by molar-refractivity contribution is 0.0784. The van der Waals surface area contributed by atoms with Crippen molar-refractivity contribution in [3.63, 3.8) is 0 Å². The average molecular weight is 376 g/mol. The molecular formula is C23H21FN2O2. The van der Waals surface area contributed by atoms with Gasteiger partial charge in [0.2, 0.25) is 0 Å². The van der Waals surface area contributed by atoms with Crippen LogP contribution in [0.15, 0.2) is 72.8 Å². The second kappa shape index (κ2) is 8.48. The molecule has 0 spiro atoms. The van der Waals surface area contributed by atoms with Crippen molar-refractivity contribution in [3.8, 4) is 0 Å². The van der Waals surface area contributed by atoms with Gasteiger partial charge in [-0.1, -0.05) is 36.4 Å². The molecule has 0 radical (unpaired) electrons. The third kappa shape index (κ3) is 4.62. The topological polar surface area (TPSA) is 49.4 Å². The Balaban J connectivity index is 1.76. The monoisotopic (exact) mass is 376 g/mol. The lowest BCUT2D eigenvalue weighted by atomic mass is 10.1. The Morgan fingerprint density at radius 2 is 1.68 bits per heavy atom. The fraction of sp³-hybridized carbons (Fsp3) is 0.130. The molecule has 142 valence electrons. The zero-order chi connectivity index (χ0) is 20.1. The zero-order valence-electron chi connectivity index (χ0n) is 15.8. The highest BCUT2D eigenvalue weighted by molar-refractivity contribution is 6.05. The van der Waals surface area contributed by atoms with E-state index in [4.69, 9.17) is 0 Å². The van der Waals surface area contributed by atoms with Gasteiger partial charge in [0.25, 0.3) is 11.8 Å². The van der Waals surface area contributed by atoms with Crippen LogP contribution in [0.5, 0.6) is 0 Å². The molecule has 3 aromatic carbocycles. The Kier molecular flexibility index (Phi) is 5.84. The van der Waals surface area contributed by atoms with Gasteiger partial charge in [-0.15, -0.1) is 0 Å². The van der Waals surface area contributed by atoms with E-state index in [9.17, 15) is 14.0 Å². The fourth-order valence-electron chi connectivity index (χ4n) is 2.88. The Hall–Kier alpha value is -3.47. The SMILES string of the molecule is Cc1ccc(C(=O)N(C)Cc2cccc(F)c2)cc1NC(=O)c1ccccc1. The number of hydrogen-bond acceptors (Lipinski definition) is 2. The zero-order valence-corrected chi connectivity index (χ0v) is 15.8. The molecule has 0 fully saturated rings. The summed E-state index contributed by atoms with van der Waals surface area (Å²) in [6.45, 7) is 2.15. The summed E-state index contributed by atoms with van der Waals surface area (Å²) in [5.74, 6) is -0.777. The van der Waals surface area contributed by atoms with E-state index >= 15 is 0 Å². The fourth-order valence-corrected chi connectivity index (χ4v) is 2.88. The van der Waals surface area contributed by atoms with Gasteiger partial charge in [0.05, 0.1) is 0 Å². The van der Waals surface area contributed by atoms with Crippen LogP contribution in [0.25, 0.3) is 0 Å². The summed E-state index contributed by atoms with van der Waals surface area (Å²) in [7, 11) is 1.66. The summed E-state index contributed by atoms with van der Waals surface area (Å²) in [6.07, 6.45) is 0. The minimum atomic E-state index is -0.334. The quantitative estimate of drug-likeness (QED) is 0.704. The molecule has 0 heterocycles. The molecule has 0 aliphatic rings. The normalized spacial score (nSPS) is 10.4. The predicted molar refractivity (Wildman–Crippen MR) is 108 cm³/mol. The van der Waals surface area contributed by atoms with E-state index in [0.717, 1.165) is 5.56 Å². The van der Waals surface area contributed by atoms with Crippen LogP contribution in [0, 0.1) is 12.7 Å². The highest BCUT2D eigenvalue weighted by Crippen LogP contribution is 2.20. The Bertz CT molecular complexity index is 1000. The van der Waals surface area contributed by atoms with Crippen LogP contribution >= 0.6 is 0 Å². The molecule has 0 aromatic heterocycles. The van der Waals surface area contributed by atoms with E-state index in [1.54, 1.807) is 61.6 Å². The van der Waals surface area contributed by atoms with Gasteiger partial charge in [-0.25, -0.2) is 4.39 Å². The first-order valence-corrected chi connectivity index (χ1v) is 8.91. The molecule has 0 saturated carbocycles. The van der Waals surface area contributed by atoms with Gasteiger partial charge < -0.3 is 10.2 Å². The molecule has 4 nitrogen and oxygen atoms in total. The Morgan fingerprint density at radius 1 is 0.929 bits per heavy atom. The van der Waals surface area contributed by atoms with Gasteiger partial charge in [-0.3, -0.25) is 9.59 Å². The summed E-state index contributed by atoms with van der Waals surface area (Å²) in [5, 5.41) is 2.86. The third-order valence-corrected chi connectivity index (χ3v) is 4.42. The summed E-state index contributed by atoms with van der Waals surface area (Å²) in [4.78, 5) is 26.7. The number of hydrogen-bond donors (Lipinski definition) is 1. The van der Waals surface area contributed by atoms with Crippen molar-refractivity contribution in [2.45, 2.75) is 13.5 Å². The van der Waals surface area contributed by atoms with Crippen LogP contribution in [0.1, 0.15) is 31.8 Å². The van der Waals surface area contributed by atoms with Gasteiger partial charge in [-0.05, 0) is 54.4 Å². The Labute approximate surface area is 163 Å². The molecule has 0 aliphatic carbocycles. The Morgan fingerprint density at radius 3 is 2.39 bits per heavy atom. The van der Waals surface area contributed by atoms with Crippen molar-refractivity contribution >= 4 is 17.5 Å². The van der Waals surface area contributed by atoms with Crippen LogP contribution in [-0.2, 0) is 6.54 Å². The van der Waals surface area contributed by atoms with E-state index in [2.05, 4.69) is 5.32 Å². The largest absolute Gasteiger partial charge is 0.337 e. The molecule has 5 heteroatoms. The summed E-state index contributed by atoms with van der Waals surface area (Å²) in [5.41, 5.74) is 3.14. The minimum absolute atomic E-state index is 0.209. The first kappa shape index (κ1) is 19.3. The molecule has 0 atom stereocenters. The maximum Gasteiger partial charge on any atom is 0.255 e. The molecule has 2 amide bonds. The number of amides is 2. The van der Waals surface area contributed by atoms with E-state index in [-0.39, 0.29) is 24.2 Å².